The topological polar surface area (TPSA) is 168 Å². The number of aromatic amines is 1. The molecule has 2 bridgehead atoms. The van der Waals surface area contributed by atoms with Crippen LogP contribution in [0.25, 0.3) is 23.0 Å². The number of nitrogens with one attached hydrogen (secondary N) is 3. The summed E-state index contributed by atoms with van der Waals surface area (Å²) in [4.78, 5) is 44.8. The van der Waals surface area contributed by atoms with Gasteiger partial charge >= 0.3 is 5.97 Å². The van der Waals surface area contributed by atoms with E-state index in [0.717, 1.165) is 0 Å². The molecule has 0 radical (unpaired) electrons. The third-order valence-corrected chi connectivity index (χ3v) is 6.71. The van der Waals surface area contributed by atoms with Crippen LogP contribution in [-0.4, -0.2) is 53.1 Å². The zero-order valence-electron chi connectivity index (χ0n) is 21.2. The second-order valence-electron chi connectivity index (χ2n) is 9.00. The average Bonchev–Trinajstić information content (AvgIpc) is 3.61. The minimum Gasteiger partial charge on any atom is -0.478 e. The first kappa shape index (κ1) is 27.7. The minimum absolute atomic E-state index is 0.00153. The Morgan fingerprint density at radius 3 is 2.78 bits per heavy atom. The molecule has 2 aromatic heterocycles. The van der Waals surface area contributed by atoms with Crippen molar-refractivity contribution in [1.29, 1.82) is 0 Å². The highest BCUT2D eigenvalue weighted by molar-refractivity contribution is 6.32. The van der Waals surface area contributed by atoms with Crippen LogP contribution in [0.3, 0.4) is 0 Å². The summed E-state index contributed by atoms with van der Waals surface area (Å²) in [6, 6.07) is 8.76. The van der Waals surface area contributed by atoms with Gasteiger partial charge in [0.15, 0.2) is 0 Å². The number of benzene rings is 2. The fourth-order valence-corrected chi connectivity index (χ4v) is 4.66. The highest BCUT2D eigenvalue weighted by Gasteiger charge is 2.23. The molecule has 0 saturated heterocycles. The van der Waals surface area contributed by atoms with Gasteiger partial charge < -0.3 is 20.7 Å². The Bertz CT molecular complexity index is 1680. The maximum absolute atomic E-state index is 13.1. The molecule has 4 N–H and O–H groups in total. The Kier molecular flexibility index (Phi) is 8.22. The molecule has 2 aromatic carbocycles. The van der Waals surface area contributed by atoms with Crippen molar-refractivity contribution in [2.75, 3.05) is 5.32 Å². The van der Waals surface area contributed by atoms with Crippen LogP contribution in [0.15, 0.2) is 61.0 Å². The van der Waals surface area contributed by atoms with Crippen molar-refractivity contribution in [3.8, 4) is 16.9 Å². The van der Waals surface area contributed by atoms with E-state index in [1.807, 2.05) is 12.2 Å². The number of carbonyl (C=O) groups excluding carboxylic acids is 2. The fourth-order valence-electron chi connectivity index (χ4n) is 4.24. The van der Waals surface area contributed by atoms with E-state index in [9.17, 15) is 19.5 Å². The van der Waals surface area contributed by atoms with E-state index in [2.05, 4.69) is 36.1 Å². The van der Waals surface area contributed by atoms with Gasteiger partial charge in [0, 0.05) is 28.6 Å². The maximum atomic E-state index is 13.1. The van der Waals surface area contributed by atoms with Crippen molar-refractivity contribution in [3.05, 3.63) is 88.1 Å². The van der Waals surface area contributed by atoms with Crippen LogP contribution in [0.4, 0.5) is 5.69 Å². The number of anilines is 1. The Balaban J connectivity index is 1.46. The number of hydrogen-bond acceptors (Lipinski definition) is 7. The molecule has 41 heavy (non-hydrogen) atoms. The molecule has 0 spiro atoms. The fraction of sp³-hybridized carbons (Fsp3) is 0.148. The number of H-pyrrole nitrogens is 1. The summed E-state index contributed by atoms with van der Waals surface area (Å²) in [5, 5.41) is 27.0. The molecule has 5 rings (SSSR count). The summed E-state index contributed by atoms with van der Waals surface area (Å²) < 4.78 is 1.45. The molecule has 208 valence electrons. The van der Waals surface area contributed by atoms with E-state index in [1.165, 1.54) is 35.3 Å². The van der Waals surface area contributed by atoms with Gasteiger partial charge in [0.05, 0.1) is 23.0 Å². The molecule has 3 heterocycles. The minimum atomic E-state index is -1.14. The van der Waals surface area contributed by atoms with E-state index in [1.54, 1.807) is 24.3 Å². The zero-order chi connectivity index (χ0) is 28.9. The zero-order valence-corrected chi connectivity index (χ0v) is 22.7. The Morgan fingerprint density at radius 2 is 2.00 bits per heavy atom. The van der Waals surface area contributed by atoms with Crippen LogP contribution >= 0.6 is 23.2 Å². The smallest absolute Gasteiger partial charge is 0.335 e. The molecule has 1 atom stereocenters. The van der Waals surface area contributed by atoms with Crippen molar-refractivity contribution < 1.29 is 19.5 Å². The molecule has 4 aromatic rings. The monoisotopic (exact) mass is 592 g/mol. The molecule has 1 aliphatic rings. The third-order valence-electron chi connectivity index (χ3n) is 6.20. The van der Waals surface area contributed by atoms with Crippen LogP contribution in [0.1, 0.15) is 47.1 Å². The van der Waals surface area contributed by atoms with Gasteiger partial charge in [-0.25, -0.2) is 9.78 Å². The van der Waals surface area contributed by atoms with Crippen LogP contribution in [0.5, 0.6) is 0 Å². The number of aromatic nitrogens is 6. The number of imidazole rings is 1. The first-order valence-corrected chi connectivity index (χ1v) is 13.1. The second kappa shape index (κ2) is 12.1. The second-order valence-corrected chi connectivity index (χ2v) is 9.81. The highest BCUT2D eigenvalue weighted by Crippen LogP contribution is 2.35. The molecular weight excluding hydrogens is 571 g/mol. The number of hydrogen-bond donors (Lipinski definition) is 4. The largest absolute Gasteiger partial charge is 0.478 e. The molecule has 0 fully saturated rings. The first-order valence-electron chi connectivity index (χ1n) is 12.4. The number of fused-ring (bicyclic) bond motifs is 4. The van der Waals surface area contributed by atoms with Gasteiger partial charge in [0.2, 0.25) is 11.8 Å². The highest BCUT2D eigenvalue weighted by atomic mass is 35.5. The van der Waals surface area contributed by atoms with Crippen molar-refractivity contribution >= 4 is 52.7 Å². The Labute approximate surface area is 243 Å². The average molecular weight is 593 g/mol. The van der Waals surface area contributed by atoms with Crippen LogP contribution < -0.4 is 10.6 Å². The normalized spacial score (nSPS) is 16.1. The van der Waals surface area contributed by atoms with Gasteiger partial charge in [0.1, 0.15) is 23.0 Å². The molecule has 1 aliphatic heterocycles. The van der Waals surface area contributed by atoms with E-state index in [-0.39, 0.29) is 28.7 Å². The van der Waals surface area contributed by atoms with E-state index in [0.29, 0.717) is 46.2 Å². The van der Waals surface area contributed by atoms with Gasteiger partial charge in [-0.3, -0.25) is 9.59 Å². The van der Waals surface area contributed by atoms with Gasteiger partial charge in [0.25, 0.3) is 0 Å². The standard InChI is InChI=1S/C27H22Cl2N8O4/c28-17-8-10-21(37-14-30-35-36-37)15(12-17)7-11-23(39)32-20-4-2-1-3-5-22(38)31-19-9-6-16(27(40)41)13-18(19)24-25(29)34-26(20)33-24/h1-2,6-14,20H,3-5H2,(H,31,38)(H,32,39)(H,33,34)(H,40,41)/b2-1+,11-7+/t20-/m0/s1. The molecule has 0 aliphatic carbocycles. The number of tetrazole rings is 1. The summed E-state index contributed by atoms with van der Waals surface area (Å²) in [6.45, 7) is 0. The SMILES string of the molecule is O=C(/C=C/c1cc(Cl)ccc1-n1cnnn1)N[C@H]1C/C=C/CCC(=O)Nc2ccc(C(=O)O)cc2-c2nc1[nH]c2Cl. The number of aromatic carboxylic acids is 1. The molecule has 14 heteroatoms. The predicted molar refractivity (Wildman–Crippen MR) is 152 cm³/mol. The lowest BCUT2D eigenvalue weighted by molar-refractivity contribution is -0.117. The van der Waals surface area contributed by atoms with E-state index >= 15 is 0 Å². The summed E-state index contributed by atoms with van der Waals surface area (Å²) in [5.41, 5.74) is 2.18. The number of rotatable bonds is 5. The van der Waals surface area contributed by atoms with Crippen LogP contribution in [0.2, 0.25) is 10.2 Å². The molecule has 2 amide bonds. The number of carboxylic acid groups (broad SMARTS) is 1. The lowest BCUT2D eigenvalue weighted by atomic mass is 10.1. The Morgan fingerprint density at radius 1 is 1.15 bits per heavy atom. The number of halogens is 2. The predicted octanol–water partition coefficient (Wildman–Crippen LogP) is 4.61. The molecule has 0 saturated carbocycles. The van der Waals surface area contributed by atoms with Crippen molar-refractivity contribution in [2.24, 2.45) is 0 Å². The number of carboxylic acids is 1. The van der Waals surface area contributed by atoms with Crippen LogP contribution in [-0.2, 0) is 9.59 Å². The number of allylic oxidation sites excluding steroid dienone is 1. The molecular formula is C27H22Cl2N8O4. The summed E-state index contributed by atoms with van der Waals surface area (Å²) >= 11 is 12.7. The molecule has 12 nitrogen and oxygen atoms in total. The summed E-state index contributed by atoms with van der Waals surface area (Å²) in [5.74, 6) is -1.46. The number of amides is 2. The maximum Gasteiger partial charge on any atom is 0.335 e. The van der Waals surface area contributed by atoms with Gasteiger partial charge in [-0.15, -0.1) is 5.10 Å². The lowest BCUT2D eigenvalue weighted by Gasteiger charge is -2.14. The van der Waals surface area contributed by atoms with Crippen molar-refractivity contribution in [3.63, 3.8) is 0 Å². The first-order chi connectivity index (χ1) is 19.8. The third kappa shape index (κ3) is 6.51. The Hall–Kier alpha value is -4.81. The van der Waals surface area contributed by atoms with Gasteiger partial charge in [-0.2, -0.15) is 4.68 Å². The number of carbonyl (C=O) groups is 3. The van der Waals surface area contributed by atoms with Crippen LogP contribution in [0, 0.1) is 0 Å². The van der Waals surface area contributed by atoms with Crippen molar-refractivity contribution in [1.82, 2.24) is 35.5 Å². The van der Waals surface area contributed by atoms with E-state index < -0.39 is 17.9 Å². The lowest BCUT2D eigenvalue weighted by Crippen LogP contribution is -2.27. The summed E-state index contributed by atoms with van der Waals surface area (Å²) in [6.07, 6.45) is 9.08. The van der Waals surface area contributed by atoms with E-state index in [4.69, 9.17) is 23.2 Å². The van der Waals surface area contributed by atoms with Gasteiger partial charge in [-0.05, 0) is 65.7 Å². The van der Waals surface area contributed by atoms with Crippen molar-refractivity contribution in [2.45, 2.75) is 25.3 Å². The van der Waals surface area contributed by atoms with Gasteiger partial charge in [-0.1, -0.05) is 35.4 Å². The molecule has 0 unspecified atom stereocenters. The summed E-state index contributed by atoms with van der Waals surface area (Å²) in [7, 11) is 0. The number of nitrogens with zero attached hydrogens (tertiary/aromatic N) is 5. The quantitative estimate of drug-likeness (QED) is 0.192.